The maximum atomic E-state index is 13.3. The molecule has 3 nitrogen and oxygen atoms in total. The van der Waals surface area contributed by atoms with E-state index < -0.39 is 11.6 Å². The molecule has 0 spiro atoms. The molecular weight excluding hydrogens is 310 g/mol. The topological polar surface area (TPSA) is 23.6 Å². The lowest BCUT2D eigenvalue weighted by Crippen LogP contribution is -2.30. The molecule has 2 aromatic carbocycles. The van der Waals surface area contributed by atoms with E-state index in [-0.39, 0.29) is 5.91 Å². The van der Waals surface area contributed by atoms with E-state index in [0.717, 1.165) is 24.4 Å². The molecule has 128 valence electrons. The average molecular weight is 332 g/mol. The minimum atomic E-state index is -0.974. The number of carbonyl (C=O) groups excluding carboxylic acids is 1. The molecular formula is C19H22F2N2O. The lowest BCUT2D eigenvalue weighted by Gasteiger charge is -2.27. The van der Waals surface area contributed by atoms with Crippen LogP contribution < -0.4 is 9.80 Å². The molecule has 2 aromatic rings. The molecule has 2 rings (SSSR count). The molecule has 0 unspecified atom stereocenters. The van der Waals surface area contributed by atoms with Gasteiger partial charge in [-0.05, 0) is 57.2 Å². The summed E-state index contributed by atoms with van der Waals surface area (Å²) in [7, 11) is 1.54. The van der Waals surface area contributed by atoms with E-state index >= 15 is 0 Å². The molecule has 0 aromatic heterocycles. The van der Waals surface area contributed by atoms with Gasteiger partial charge in [-0.15, -0.1) is 0 Å². The van der Waals surface area contributed by atoms with Crippen LogP contribution in [0.5, 0.6) is 0 Å². The summed E-state index contributed by atoms with van der Waals surface area (Å²) >= 11 is 0. The number of amides is 1. The van der Waals surface area contributed by atoms with Gasteiger partial charge < -0.3 is 9.80 Å². The molecule has 0 N–H and O–H groups in total. The quantitative estimate of drug-likeness (QED) is 0.806. The van der Waals surface area contributed by atoms with E-state index in [2.05, 4.69) is 25.7 Å². The van der Waals surface area contributed by atoms with E-state index in [4.69, 9.17) is 0 Å². The fourth-order valence-electron chi connectivity index (χ4n) is 2.65. The zero-order chi connectivity index (χ0) is 17.9. The average Bonchev–Trinajstić information content (AvgIpc) is 2.57. The first-order valence-corrected chi connectivity index (χ1v) is 7.95. The Labute approximate surface area is 141 Å². The fraction of sp³-hybridized carbons (Fsp3) is 0.316. The van der Waals surface area contributed by atoms with Gasteiger partial charge in [0.15, 0.2) is 11.6 Å². The van der Waals surface area contributed by atoms with Gasteiger partial charge in [-0.25, -0.2) is 8.78 Å². The van der Waals surface area contributed by atoms with Crippen molar-refractivity contribution in [2.45, 2.75) is 26.8 Å². The number of hydrogen-bond acceptors (Lipinski definition) is 2. The molecule has 1 amide bonds. The van der Waals surface area contributed by atoms with E-state index in [1.807, 2.05) is 12.1 Å². The predicted molar refractivity (Wildman–Crippen MR) is 93.7 cm³/mol. The van der Waals surface area contributed by atoms with Gasteiger partial charge in [0.25, 0.3) is 5.91 Å². The van der Waals surface area contributed by atoms with Crippen molar-refractivity contribution in [2.24, 2.45) is 0 Å². The smallest absolute Gasteiger partial charge is 0.258 e. The Morgan fingerprint density at radius 3 is 2.08 bits per heavy atom. The van der Waals surface area contributed by atoms with Crippen molar-refractivity contribution in [3.8, 4) is 0 Å². The zero-order valence-electron chi connectivity index (χ0n) is 14.4. The van der Waals surface area contributed by atoms with Gasteiger partial charge in [-0.2, -0.15) is 0 Å². The van der Waals surface area contributed by atoms with Crippen LogP contribution in [-0.4, -0.2) is 25.5 Å². The Kier molecular flexibility index (Phi) is 5.54. The summed E-state index contributed by atoms with van der Waals surface area (Å²) in [5.41, 5.74) is 1.84. The molecule has 5 heteroatoms. The summed E-state index contributed by atoms with van der Waals surface area (Å²) in [6.07, 6.45) is 0. The van der Waals surface area contributed by atoms with Crippen molar-refractivity contribution in [1.82, 2.24) is 0 Å². The SMILES string of the molecule is CCN(c1ccc(C(=O)N(C)c2ccc(F)c(F)c2)cc1)C(C)C. The van der Waals surface area contributed by atoms with Crippen LogP contribution in [0, 0.1) is 11.6 Å². The lowest BCUT2D eigenvalue weighted by atomic mass is 10.1. The highest BCUT2D eigenvalue weighted by Gasteiger charge is 2.16. The lowest BCUT2D eigenvalue weighted by molar-refractivity contribution is 0.0993. The first-order chi connectivity index (χ1) is 11.3. The van der Waals surface area contributed by atoms with Crippen molar-refractivity contribution in [2.75, 3.05) is 23.4 Å². The summed E-state index contributed by atoms with van der Waals surface area (Å²) in [5.74, 6) is -2.18. The number of carbonyl (C=O) groups is 1. The third kappa shape index (κ3) is 3.72. The number of rotatable bonds is 5. The molecule has 0 bridgehead atoms. The third-order valence-corrected chi connectivity index (χ3v) is 4.01. The number of nitrogens with zero attached hydrogens (tertiary/aromatic N) is 2. The Balaban J connectivity index is 2.21. The van der Waals surface area contributed by atoms with Gasteiger partial charge in [0.2, 0.25) is 0 Å². The van der Waals surface area contributed by atoms with Crippen LogP contribution >= 0.6 is 0 Å². The maximum absolute atomic E-state index is 13.3. The van der Waals surface area contributed by atoms with E-state index in [1.165, 1.54) is 18.0 Å². The van der Waals surface area contributed by atoms with Crippen LogP contribution in [0.15, 0.2) is 42.5 Å². The Hall–Kier alpha value is -2.43. The van der Waals surface area contributed by atoms with Gasteiger partial charge in [0, 0.05) is 42.6 Å². The highest BCUT2D eigenvalue weighted by Crippen LogP contribution is 2.21. The Morgan fingerprint density at radius 2 is 1.58 bits per heavy atom. The molecule has 0 fully saturated rings. The summed E-state index contributed by atoms with van der Waals surface area (Å²) in [5, 5.41) is 0. The van der Waals surface area contributed by atoms with Gasteiger partial charge in [0.05, 0.1) is 0 Å². The number of benzene rings is 2. The normalized spacial score (nSPS) is 10.8. The van der Waals surface area contributed by atoms with Crippen molar-refractivity contribution in [3.63, 3.8) is 0 Å². The summed E-state index contributed by atoms with van der Waals surface area (Å²) in [6.45, 7) is 7.18. The molecule has 0 saturated carbocycles. The molecule has 24 heavy (non-hydrogen) atoms. The Bertz CT molecular complexity index is 714. The molecule has 0 atom stereocenters. The van der Waals surface area contributed by atoms with Crippen molar-refractivity contribution < 1.29 is 13.6 Å². The van der Waals surface area contributed by atoms with Gasteiger partial charge in [0.1, 0.15) is 0 Å². The first kappa shape index (κ1) is 17.9. The van der Waals surface area contributed by atoms with Crippen LogP contribution in [0.4, 0.5) is 20.2 Å². The van der Waals surface area contributed by atoms with Crippen LogP contribution in [0.25, 0.3) is 0 Å². The van der Waals surface area contributed by atoms with Gasteiger partial charge >= 0.3 is 0 Å². The minimum Gasteiger partial charge on any atom is -0.369 e. The predicted octanol–water partition coefficient (Wildman–Crippen LogP) is 4.48. The van der Waals surface area contributed by atoms with E-state index in [1.54, 1.807) is 12.1 Å². The molecule has 0 saturated heterocycles. The second kappa shape index (κ2) is 7.43. The Morgan fingerprint density at radius 1 is 1.00 bits per heavy atom. The second-order valence-corrected chi connectivity index (χ2v) is 5.89. The van der Waals surface area contributed by atoms with Gasteiger partial charge in [-0.3, -0.25) is 4.79 Å². The highest BCUT2D eigenvalue weighted by molar-refractivity contribution is 6.05. The zero-order valence-corrected chi connectivity index (χ0v) is 14.4. The molecule has 0 aliphatic carbocycles. The van der Waals surface area contributed by atoms with E-state index in [0.29, 0.717) is 17.3 Å². The van der Waals surface area contributed by atoms with Crippen LogP contribution in [0.1, 0.15) is 31.1 Å². The molecule has 0 aliphatic rings. The van der Waals surface area contributed by atoms with Gasteiger partial charge in [-0.1, -0.05) is 0 Å². The number of anilines is 2. The minimum absolute atomic E-state index is 0.278. The van der Waals surface area contributed by atoms with Crippen molar-refractivity contribution in [3.05, 3.63) is 59.7 Å². The van der Waals surface area contributed by atoms with Crippen LogP contribution in [0.3, 0.4) is 0 Å². The standard InChI is InChI=1S/C19H22F2N2O/c1-5-23(13(2)3)15-8-6-14(7-9-15)19(24)22(4)16-10-11-17(20)18(21)12-16/h6-13H,5H2,1-4H3. The summed E-state index contributed by atoms with van der Waals surface area (Å²) < 4.78 is 26.4. The fourth-order valence-corrected chi connectivity index (χ4v) is 2.65. The monoisotopic (exact) mass is 332 g/mol. The van der Waals surface area contributed by atoms with Crippen molar-refractivity contribution in [1.29, 1.82) is 0 Å². The number of halogens is 2. The third-order valence-electron chi connectivity index (χ3n) is 4.01. The van der Waals surface area contributed by atoms with Crippen molar-refractivity contribution >= 4 is 17.3 Å². The largest absolute Gasteiger partial charge is 0.369 e. The highest BCUT2D eigenvalue weighted by atomic mass is 19.2. The molecule has 0 aliphatic heterocycles. The molecule has 0 radical (unpaired) electrons. The summed E-state index contributed by atoms with van der Waals surface area (Å²) in [4.78, 5) is 16.0. The maximum Gasteiger partial charge on any atom is 0.258 e. The summed E-state index contributed by atoms with van der Waals surface area (Å²) in [6, 6.07) is 11.1. The first-order valence-electron chi connectivity index (χ1n) is 7.95. The second-order valence-electron chi connectivity index (χ2n) is 5.89. The van der Waals surface area contributed by atoms with E-state index in [9.17, 15) is 13.6 Å². The van der Waals surface area contributed by atoms with Crippen LogP contribution in [-0.2, 0) is 0 Å². The number of hydrogen-bond donors (Lipinski definition) is 0. The molecule has 0 heterocycles. The van der Waals surface area contributed by atoms with Crippen LogP contribution in [0.2, 0.25) is 0 Å².